The lowest BCUT2D eigenvalue weighted by atomic mass is 9.51. The Bertz CT molecular complexity index is 391. The van der Waals surface area contributed by atoms with Crippen LogP contribution in [0.3, 0.4) is 0 Å². The van der Waals surface area contributed by atoms with E-state index in [1.165, 1.54) is 38.5 Å². The summed E-state index contributed by atoms with van der Waals surface area (Å²) < 4.78 is 0. The first-order chi connectivity index (χ1) is 9.40. The third-order valence-electron chi connectivity index (χ3n) is 7.87. The van der Waals surface area contributed by atoms with Gasteiger partial charge in [0.15, 0.2) is 0 Å². The van der Waals surface area contributed by atoms with Crippen LogP contribution in [0, 0.1) is 40.4 Å². The second-order valence-electron chi connectivity index (χ2n) is 8.97. The fourth-order valence-corrected chi connectivity index (χ4v) is 6.43. The van der Waals surface area contributed by atoms with E-state index in [1.807, 2.05) is 0 Å². The van der Waals surface area contributed by atoms with Crippen molar-refractivity contribution in [3.05, 3.63) is 12.2 Å². The summed E-state index contributed by atoms with van der Waals surface area (Å²) in [5, 5.41) is 0. The highest BCUT2D eigenvalue weighted by atomic mass is 14.6. The first kappa shape index (κ1) is 14.7. The zero-order valence-electron chi connectivity index (χ0n) is 14.3. The standard InChI is InChI=1S/C20H34/c1-6-19(3,4)18-11-10-17-16-9-7-8-14(2)15(16)12-13-20(17,18)5/h7-8,14-18H,6,9-13H2,1-5H3/t14?,15?,16?,17?,18?,20-/m0/s1. The summed E-state index contributed by atoms with van der Waals surface area (Å²) in [4.78, 5) is 0. The number of hydrogen-bond acceptors (Lipinski definition) is 0. The molecule has 3 aliphatic carbocycles. The minimum absolute atomic E-state index is 0.534. The monoisotopic (exact) mass is 274 g/mol. The smallest absolute Gasteiger partial charge is 0.0231 e. The first-order valence-electron chi connectivity index (χ1n) is 9.07. The van der Waals surface area contributed by atoms with E-state index in [4.69, 9.17) is 0 Å². The van der Waals surface area contributed by atoms with Crippen LogP contribution in [-0.4, -0.2) is 0 Å². The lowest BCUT2D eigenvalue weighted by Gasteiger charge is -2.53. The molecule has 0 aromatic rings. The van der Waals surface area contributed by atoms with Gasteiger partial charge in [-0.3, -0.25) is 0 Å². The van der Waals surface area contributed by atoms with Gasteiger partial charge >= 0.3 is 0 Å². The van der Waals surface area contributed by atoms with Gasteiger partial charge in [0.2, 0.25) is 0 Å². The van der Waals surface area contributed by atoms with Crippen LogP contribution in [-0.2, 0) is 0 Å². The molecule has 0 heteroatoms. The number of fused-ring (bicyclic) bond motifs is 3. The Morgan fingerprint density at radius 3 is 2.60 bits per heavy atom. The molecule has 3 rings (SSSR count). The summed E-state index contributed by atoms with van der Waals surface area (Å²) in [6.45, 7) is 12.6. The SMILES string of the molecule is CCC(C)(C)C1CCC2C3CC=CC(C)C3CC[C@@]21C. The number of allylic oxidation sites excluding steroid dienone is 2. The summed E-state index contributed by atoms with van der Waals surface area (Å²) in [7, 11) is 0. The van der Waals surface area contributed by atoms with Crippen molar-refractivity contribution >= 4 is 0 Å². The summed E-state index contributed by atoms with van der Waals surface area (Å²) in [6.07, 6.45) is 13.7. The van der Waals surface area contributed by atoms with Gasteiger partial charge < -0.3 is 0 Å². The fourth-order valence-electron chi connectivity index (χ4n) is 6.43. The maximum absolute atomic E-state index is 2.66. The summed E-state index contributed by atoms with van der Waals surface area (Å²) >= 11 is 0. The van der Waals surface area contributed by atoms with Gasteiger partial charge in [-0.15, -0.1) is 0 Å². The normalized spacial score (nSPS) is 48.0. The molecule has 0 N–H and O–H groups in total. The van der Waals surface area contributed by atoms with Gasteiger partial charge in [0.25, 0.3) is 0 Å². The molecule has 0 saturated heterocycles. The van der Waals surface area contributed by atoms with Crippen molar-refractivity contribution in [1.29, 1.82) is 0 Å². The summed E-state index contributed by atoms with van der Waals surface area (Å²) in [5.74, 6) is 4.76. The van der Waals surface area contributed by atoms with E-state index < -0.39 is 0 Å². The molecule has 0 aromatic carbocycles. The Morgan fingerprint density at radius 1 is 1.15 bits per heavy atom. The van der Waals surface area contributed by atoms with Crippen LogP contribution in [0.1, 0.15) is 73.1 Å². The molecule has 0 bridgehead atoms. The highest BCUT2D eigenvalue weighted by molar-refractivity contribution is 5.10. The van der Waals surface area contributed by atoms with Gasteiger partial charge in [-0.05, 0) is 72.5 Å². The molecule has 3 aliphatic rings. The Kier molecular flexibility index (Phi) is 3.58. The maximum atomic E-state index is 2.66. The van der Waals surface area contributed by atoms with Gasteiger partial charge in [0, 0.05) is 0 Å². The minimum Gasteiger partial charge on any atom is -0.0880 e. The molecule has 0 aromatic heterocycles. The zero-order chi connectivity index (χ0) is 14.5. The van der Waals surface area contributed by atoms with E-state index in [1.54, 1.807) is 0 Å². The largest absolute Gasteiger partial charge is 0.0880 e. The van der Waals surface area contributed by atoms with Crippen LogP contribution in [0.2, 0.25) is 0 Å². The molecule has 0 heterocycles. The molecule has 20 heavy (non-hydrogen) atoms. The van der Waals surface area contributed by atoms with Crippen molar-refractivity contribution in [2.75, 3.05) is 0 Å². The first-order valence-corrected chi connectivity index (χ1v) is 9.07. The van der Waals surface area contributed by atoms with E-state index in [-0.39, 0.29) is 0 Å². The van der Waals surface area contributed by atoms with Crippen LogP contribution in [0.25, 0.3) is 0 Å². The van der Waals surface area contributed by atoms with Crippen molar-refractivity contribution in [3.8, 4) is 0 Å². The van der Waals surface area contributed by atoms with Crippen molar-refractivity contribution in [2.45, 2.75) is 73.1 Å². The van der Waals surface area contributed by atoms with Gasteiger partial charge in [-0.1, -0.05) is 53.2 Å². The molecule has 0 amide bonds. The second kappa shape index (κ2) is 4.89. The predicted molar refractivity (Wildman–Crippen MR) is 87.5 cm³/mol. The molecule has 6 atom stereocenters. The zero-order valence-corrected chi connectivity index (χ0v) is 14.3. The van der Waals surface area contributed by atoms with E-state index in [0.717, 1.165) is 29.6 Å². The Morgan fingerprint density at radius 2 is 1.90 bits per heavy atom. The predicted octanol–water partition coefficient (Wildman–Crippen LogP) is 6.08. The molecule has 0 aliphatic heterocycles. The molecular weight excluding hydrogens is 240 g/mol. The van der Waals surface area contributed by atoms with Crippen molar-refractivity contribution in [2.24, 2.45) is 40.4 Å². The minimum atomic E-state index is 0.534. The van der Waals surface area contributed by atoms with Crippen LogP contribution in [0.4, 0.5) is 0 Å². The number of hydrogen-bond donors (Lipinski definition) is 0. The molecule has 2 saturated carbocycles. The summed E-state index contributed by atoms with van der Waals surface area (Å²) in [6, 6.07) is 0. The molecule has 2 fully saturated rings. The van der Waals surface area contributed by atoms with Crippen molar-refractivity contribution in [3.63, 3.8) is 0 Å². The third-order valence-corrected chi connectivity index (χ3v) is 7.87. The van der Waals surface area contributed by atoms with Gasteiger partial charge in [-0.25, -0.2) is 0 Å². The van der Waals surface area contributed by atoms with Gasteiger partial charge in [-0.2, -0.15) is 0 Å². The Hall–Kier alpha value is -0.260. The van der Waals surface area contributed by atoms with Crippen molar-refractivity contribution in [1.82, 2.24) is 0 Å². The Labute approximate surface area is 126 Å². The van der Waals surface area contributed by atoms with Crippen LogP contribution >= 0.6 is 0 Å². The van der Waals surface area contributed by atoms with Crippen LogP contribution in [0.5, 0.6) is 0 Å². The fraction of sp³-hybridized carbons (Fsp3) is 0.900. The van der Waals surface area contributed by atoms with Gasteiger partial charge in [0.1, 0.15) is 0 Å². The van der Waals surface area contributed by atoms with Crippen molar-refractivity contribution < 1.29 is 0 Å². The van der Waals surface area contributed by atoms with Gasteiger partial charge in [0.05, 0.1) is 0 Å². The molecule has 0 radical (unpaired) electrons. The van der Waals surface area contributed by atoms with E-state index in [9.17, 15) is 0 Å². The second-order valence-corrected chi connectivity index (χ2v) is 8.97. The molecule has 0 nitrogen and oxygen atoms in total. The lowest BCUT2D eigenvalue weighted by molar-refractivity contribution is -0.0365. The Balaban J connectivity index is 1.88. The van der Waals surface area contributed by atoms with E-state index >= 15 is 0 Å². The third kappa shape index (κ3) is 2.01. The number of rotatable bonds is 2. The van der Waals surface area contributed by atoms with E-state index in [0.29, 0.717) is 10.8 Å². The quantitative estimate of drug-likeness (QED) is 0.535. The molecule has 114 valence electrons. The average molecular weight is 274 g/mol. The average Bonchev–Trinajstić information content (AvgIpc) is 2.77. The van der Waals surface area contributed by atoms with E-state index in [2.05, 4.69) is 46.8 Å². The molecule has 5 unspecified atom stereocenters. The van der Waals surface area contributed by atoms with Crippen LogP contribution in [0.15, 0.2) is 12.2 Å². The highest BCUT2D eigenvalue weighted by Crippen LogP contribution is 2.65. The van der Waals surface area contributed by atoms with Crippen LogP contribution < -0.4 is 0 Å². The lowest BCUT2D eigenvalue weighted by Crippen LogP contribution is -2.46. The maximum Gasteiger partial charge on any atom is -0.0231 e. The highest BCUT2D eigenvalue weighted by Gasteiger charge is 2.57. The molecular formula is C20H34. The molecule has 0 spiro atoms. The topological polar surface area (TPSA) is 0 Å². The summed E-state index contributed by atoms with van der Waals surface area (Å²) in [5.41, 5.74) is 1.16.